The zero-order valence-corrected chi connectivity index (χ0v) is 9.95. The van der Waals surface area contributed by atoms with Gasteiger partial charge in [0.1, 0.15) is 0 Å². The molecule has 88 valence electrons. The van der Waals surface area contributed by atoms with Crippen LogP contribution in [0.2, 0.25) is 0 Å². The number of anilines is 1. The molecule has 0 aliphatic heterocycles. The van der Waals surface area contributed by atoms with E-state index in [1.54, 1.807) is 6.92 Å². The maximum absolute atomic E-state index is 11.1. The van der Waals surface area contributed by atoms with Crippen LogP contribution in [0.3, 0.4) is 0 Å². The third-order valence-corrected chi connectivity index (χ3v) is 2.37. The SMILES string of the molecule is CCC(/C=N\Nc1nc(C)cc(=O)[nH]1)CC. The van der Waals surface area contributed by atoms with E-state index < -0.39 is 0 Å². The van der Waals surface area contributed by atoms with Crippen molar-refractivity contribution in [2.45, 2.75) is 33.6 Å². The summed E-state index contributed by atoms with van der Waals surface area (Å²) in [5.74, 6) is 0.844. The van der Waals surface area contributed by atoms with Crippen molar-refractivity contribution < 1.29 is 0 Å². The predicted octanol–water partition coefficient (Wildman–Crippen LogP) is 1.91. The van der Waals surface area contributed by atoms with E-state index in [0.717, 1.165) is 12.8 Å². The van der Waals surface area contributed by atoms with Gasteiger partial charge in [0, 0.05) is 18.0 Å². The van der Waals surface area contributed by atoms with Crippen LogP contribution in [0, 0.1) is 12.8 Å². The van der Waals surface area contributed by atoms with Crippen molar-refractivity contribution >= 4 is 12.2 Å². The van der Waals surface area contributed by atoms with Gasteiger partial charge >= 0.3 is 0 Å². The van der Waals surface area contributed by atoms with E-state index >= 15 is 0 Å². The number of nitrogens with one attached hydrogen (secondary N) is 2. The van der Waals surface area contributed by atoms with Crippen LogP contribution in [0.5, 0.6) is 0 Å². The van der Waals surface area contributed by atoms with Crippen molar-refractivity contribution in [1.29, 1.82) is 0 Å². The summed E-state index contributed by atoms with van der Waals surface area (Å²) in [6.45, 7) is 6.00. The van der Waals surface area contributed by atoms with Gasteiger partial charge in [-0.15, -0.1) is 0 Å². The maximum atomic E-state index is 11.1. The molecule has 0 atom stereocenters. The first kappa shape index (κ1) is 12.4. The average molecular weight is 222 g/mol. The van der Waals surface area contributed by atoms with E-state index in [0.29, 0.717) is 17.6 Å². The number of H-pyrrole nitrogens is 1. The van der Waals surface area contributed by atoms with Crippen molar-refractivity contribution in [3.05, 3.63) is 22.1 Å². The van der Waals surface area contributed by atoms with Gasteiger partial charge in [-0.3, -0.25) is 9.78 Å². The fourth-order valence-corrected chi connectivity index (χ4v) is 1.34. The van der Waals surface area contributed by atoms with E-state index in [1.807, 2.05) is 6.21 Å². The Hall–Kier alpha value is -1.65. The monoisotopic (exact) mass is 222 g/mol. The van der Waals surface area contributed by atoms with Crippen LogP contribution in [-0.4, -0.2) is 16.2 Å². The molecule has 16 heavy (non-hydrogen) atoms. The molecule has 0 unspecified atom stereocenters. The molecule has 5 nitrogen and oxygen atoms in total. The normalized spacial score (nSPS) is 11.2. The van der Waals surface area contributed by atoms with Gasteiger partial charge in [-0.25, -0.2) is 10.4 Å². The van der Waals surface area contributed by atoms with Gasteiger partial charge in [-0.1, -0.05) is 13.8 Å². The van der Waals surface area contributed by atoms with Gasteiger partial charge in [0.05, 0.1) is 0 Å². The van der Waals surface area contributed by atoms with Crippen molar-refractivity contribution in [2.24, 2.45) is 11.0 Å². The van der Waals surface area contributed by atoms with Crippen molar-refractivity contribution in [2.75, 3.05) is 5.43 Å². The maximum Gasteiger partial charge on any atom is 0.252 e. The lowest BCUT2D eigenvalue weighted by atomic mass is 10.1. The average Bonchev–Trinajstić information content (AvgIpc) is 2.23. The van der Waals surface area contributed by atoms with Crippen LogP contribution in [0.4, 0.5) is 5.95 Å². The summed E-state index contributed by atoms with van der Waals surface area (Å²) in [6, 6.07) is 1.44. The molecule has 2 N–H and O–H groups in total. The lowest BCUT2D eigenvalue weighted by molar-refractivity contribution is 0.654. The van der Waals surface area contributed by atoms with E-state index in [1.165, 1.54) is 6.07 Å². The van der Waals surface area contributed by atoms with Crippen LogP contribution in [0.15, 0.2) is 16.0 Å². The Balaban J connectivity index is 2.63. The number of rotatable bonds is 5. The second kappa shape index (κ2) is 6.05. The Labute approximate surface area is 95.0 Å². The zero-order valence-electron chi connectivity index (χ0n) is 9.95. The Kier molecular flexibility index (Phi) is 4.69. The third-order valence-electron chi connectivity index (χ3n) is 2.37. The highest BCUT2D eigenvalue weighted by Crippen LogP contribution is 2.03. The quantitative estimate of drug-likeness (QED) is 0.590. The second-order valence-corrected chi connectivity index (χ2v) is 3.70. The van der Waals surface area contributed by atoms with Crippen LogP contribution >= 0.6 is 0 Å². The van der Waals surface area contributed by atoms with E-state index in [9.17, 15) is 4.79 Å². The third kappa shape index (κ3) is 3.84. The molecule has 0 aromatic carbocycles. The molecule has 0 aliphatic carbocycles. The lowest BCUT2D eigenvalue weighted by Gasteiger charge is -2.04. The van der Waals surface area contributed by atoms with E-state index in [2.05, 4.69) is 34.3 Å². The highest BCUT2D eigenvalue weighted by molar-refractivity contribution is 5.61. The molecule has 1 rings (SSSR count). The van der Waals surface area contributed by atoms with E-state index in [4.69, 9.17) is 0 Å². The molecule has 0 saturated heterocycles. The Morgan fingerprint density at radius 1 is 1.56 bits per heavy atom. The first-order valence-electron chi connectivity index (χ1n) is 5.52. The minimum Gasteiger partial charge on any atom is -0.291 e. The first-order chi connectivity index (χ1) is 7.65. The molecule has 0 aliphatic rings. The summed E-state index contributed by atoms with van der Waals surface area (Å²) in [7, 11) is 0. The molecule has 0 bridgehead atoms. The number of hydrazone groups is 1. The second-order valence-electron chi connectivity index (χ2n) is 3.70. The van der Waals surface area contributed by atoms with Gasteiger partial charge < -0.3 is 0 Å². The fourth-order valence-electron chi connectivity index (χ4n) is 1.34. The molecule has 5 heteroatoms. The minimum absolute atomic E-state index is 0.173. The molecule has 0 amide bonds. The smallest absolute Gasteiger partial charge is 0.252 e. The summed E-state index contributed by atoms with van der Waals surface area (Å²) >= 11 is 0. The first-order valence-corrected chi connectivity index (χ1v) is 5.52. The van der Waals surface area contributed by atoms with Crippen molar-refractivity contribution in [3.63, 3.8) is 0 Å². The zero-order chi connectivity index (χ0) is 12.0. The molecule has 0 radical (unpaired) electrons. The Morgan fingerprint density at radius 3 is 2.81 bits per heavy atom. The minimum atomic E-state index is -0.173. The van der Waals surface area contributed by atoms with Crippen molar-refractivity contribution in [1.82, 2.24) is 9.97 Å². The van der Waals surface area contributed by atoms with Gasteiger partial charge in [0.2, 0.25) is 5.95 Å². The van der Waals surface area contributed by atoms with Gasteiger partial charge in [-0.2, -0.15) is 5.10 Å². The molecule has 1 heterocycles. The summed E-state index contributed by atoms with van der Waals surface area (Å²) < 4.78 is 0. The number of aromatic amines is 1. The molecule has 0 fully saturated rings. The molecular formula is C11H18N4O. The lowest BCUT2D eigenvalue weighted by Crippen LogP contribution is -2.11. The topological polar surface area (TPSA) is 70.1 Å². The molecule has 1 aromatic heterocycles. The number of nitrogens with zero attached hydrogens (tertiary/aromatic N) is 2. The van der Waals surface area contributed by atoms with Gasteiger partial charge in [0.25, 0.3) is 5.56 Å². The summed E-state index contributed by atoms with van der Waals surface area (Å²) in [6.07, 6.45) is 3.96. The predicted molar refractivity (Wildman–Crippen MR) is 65.8 cm³/mol. The van der Waals surface area contributed by atoms with Gasteiger partial charge in [0.15, 0.2) is 0 Å². The standard InChI is InChI=1S/C11H18N4O/c1-4-9(5-2)7-12-15-11-13-8(3)6-10(16)14-11/h6-7,9H,4-5H2,1-3H3,(H2,13,14,15,16)/b12-7-. The number of aryl methyl sites for hydroxylation is 1. The summed E-state index contributed by atoms with van der Waals surface area (Å²) in [5, 5.41) is 4.06. The Bertz CT molecular complexity index is 407. The van der Waals surface area contributed by atoms with Crippen LogP contribution < -0.4 is 11.0 Å². The molecule has 1 aromatic rings. The number of aromatic nitrogens is 2. The van der Waals surface area contributed by atoms with E-state index in [-0.39, 0.29) is 5.56 Å². The molecular weight excluding hydrogens is 204 g/mol. The van der Waals surface area contributed by atoms with Crippen LogP contribution in [-0.2, 0) is 0 Å². The van der Waals surface area contributed by atoms with Crippen LogP contribution in [0.25, 0.3) is 0 Å². The highest BCUT2D eigenvalue weighted by atomic mass is 16.1. The number of hydrogen-bond donors (Lipinski definition) is 2. The molecule has 0 spiro atoms. The van der Waals surface area contributed by atoms with Crippen molar-refractivity contribution in [3.8, 4) is 0 Å². The Morgan fingerprint density at radius 2 is 2.25 bits per heavy atom. The number of hydrogen-bond acceptors (Lipinski definition) is 4. The highest BCUT2D eigenvalue weighted by Gasteiger charge is 1.98. The summed E-state index contributed by atoms with van der Waals surface area (Å²) in [5.41, 5.74) is 3.23. The van der Waals surface area contributed by atoms with Gasteiger partial charge in [-0.05, 0) is 25.7 Å². The fraction of sp³-hybridized carbons (Fsp3) is 0.545. The summed E-state index contributed by atoms with van der Waals surface area (Å²) in [4.78, 5) is 17.8. The van der Waals surface area contributed by atoms with Crippen LogP contribution in [0.1, 0.15) is 32.4 Å². The largest absolute Gasteiger partial charge is 0.291 e. The molecule has 0 saturated carbocycles.